The smallest absolute Gasteiger partial charge is 0.333 e. The molecule has 3 heteroatoms. The van der Waals surface area contributed by atoms with Crippen LogP contribution in [-0.4, -0.2) is 12.4 Å². The number of benzene rings is 7. The maximum Gasteiger partial charge on any atom is 0.333 e. The molecule has 0 spiro atoms. The number of anilines is 4. The van der Waals surface area contributed by atoms with Crippen molar-refractivity contribution in [3.8, 4) is 22.3 Å². The van der Waals surface area contributed by atoms with Crippen molar-refractivity contribution in [3.05, 3.63) is 145 Å². The summed E-state index contributed by atoms with van der Waals surface area (Å²) in [6.45, 7) is 12.4. The van der Waals surface area contributed by atoms with Crippen LogP contribution < -0.4 is 20.6 Å². The highest BCUT2D eigenvalue weighted by atomic mass is 15.3. The maximum absolute atomic E-state index is 2.87. The van der Waals surface area contributed by atoms with E-state index < -0.39 is 0 Å². The van der Waals surface area contributed by atoms with Crippen LogP contribution in [0.2, 0.25) is 0 Å². The van der Waals surface area contributed by atoms with Crippen LogP contribution in [0.1, 0.15) is 71.4 Å². The number of hydrogen-bond donors (Lipinski definition) is 0. The Morgan fingerprint density at radius 3 is 2.08 bits per heavy atom. The Balaban J connectivity index is 1.31. The lowest BCUT2D eigenvalue weighted by Gasteiger charge is -2.53. The molecule has 258 valence electrons. The summed E-state index contributed by atoms with van der Waals surface area (Å²) < 4.78 is 0. The first kappa shape index (κ1) is 31.3. The SMILES string of the molecule is CC(C)(C)c1cc2c3c(c1)C1(C)CCCCC1(C)N3c1cc3ccccc3c3c1B2N(c1ccc(-c2ccccc2)cc1)c1c-3ccc2ccccc12. The van der Waals surface area contributed by atoms with Gasteiger partial charge in [-0.25, -0.2) is 0 Å². The highest BCUT2D eigenvalue weighted by molar-refractivity contribution is 6.94. The summed E-state index contributed by atoms with van der Waals surface area (Å²) in [5.74, 6) is 0. The van der Waals surface area contributed by atoms with Gasteiger partial charge in [-0.05, 0) is 98.3 Å². The predicted molar refractivity (Wildman–Crippen MR) is 227 cm³/mol. The third-order valence-corrected chi connectivity index (χ3v) is 13.9. The van der Waals surface area contributed by atoms with E-state index in [1.54, 1.807) is 5.56 Å². The summed E-state index contributed by atoms with van der Waals surface area (Å²) in [6, 6.07) is 51.0. The van der Waals surface area contributed by atoms with E-state index in [9.17, 15) is 0 Å². The van der Waals surface area contributed by atoms with Crippen molar-refractivity contribution in [2.24, 2.45) is 0 Å². The van der Waals surface area contributed by atoms with E-state index in [2.05, 4.69) is 178 Å². The zero-order valence-electron chi connectivity index (χ0n) is 31.5. The van der Waals surface area contributed by atoms with Gasteiger partial charge in [0.25, 0.3) is 0 Å². The van der Waals surface area contributed by atoms with E-state index in [1.165, 1.54) is 109 Å². The van der Waals surface area contributed by atoms with Crippen LogP contribution >= 0.6 is 0 Å². The Labute approximate surface area is 314 Å². The van der Waals surface area contributed by atoms with E-state index in [0.717, 1.165) is 0 Å². The highest BCUT2D eigenvalue weighted by Gasteiger charge is 2.62. The first-order valence-corrected chi connectivity index (χ1v) is 19.7. The lowest BCUT2D eigenvalue weighted by Crippen LogP contribution is -2.64. The summed E-state index contributed by atoms with van der Waals surface area (Å²) >= 11 is 0. The van der Waals surface area contributed by atoms with Gasteiger partial charge in [-0.2, -0.15) is 0 Å². The molecule has 3 heterocycles. The number of fused-ring (bicyclic) bond motifs is 11. The second-order valence-electron chi connectivity index (χ2n) is 17.6. The van der Waals surface area contributed by atoms with Gasteiger partial charge in [0.05, 0.1) is 5.54 Å². The van der Waals surface area contributed by atoms with Crippen molar-refractivity contribution in [1.29, 1.82) is 0 Å². The molecule has 1 saturated carbocycles. The normalized spacial score (nSPS) is 21.0. The van der Waals surface area contributed by atoms with Gasteiger partial charge < -0.3 is 9.71 Å². The van der Waals surface area contributed by atoms with E-state index in [0.29, 0.717) is 0 Å². The molecule has 4 aliphatic rings. The molecule has 0 aromatic heterocycles. The Morgan fingerprint density at radius 2 is 1.30 bits per heavy atom. The Hall–Kier alpha value is -5.28. The van der Waals surface area contributed by atoms with Gasteiger partial charge in [0.2, 0.25) is 0 Å². The molecule has 0 radical (unpaired) electrons. The summed E-state index contributed by atoms with van der Waals surface area (Å²) in [7, 11) is 0. The molecule has 7 aromatic carbocycles. The van der Waals surface area contributed by atoms with Crippen LogP contribution in [0.4, 0.5) is 22.7 Å². The lowest BCUT2D eigenvalue weighted by atomic mass is 9.42. The third kappa shape index (κ3) is 4.06. The van der Waals surface area contributed by atoms with Crippen LogP contribution in [0.3, 0.4) is 0 Å². The van der Waals surface area contributed by atoms with Crippen LogP contribution in [0, 0.1) is 0 Å². The number of hydrogen-bond acceptors (Lipinski definition) is 2. The Bertz CT molecular complexity index is 2650. The maximum atomic E-state index is 2.87. The van der Waals surface area contributed by atoms with Crippen molar-refractivity contribution >= 4 is 62.1 Å². The van der Waals surface area contributed by atoms with Gasteiger partial charge in [0.1, 0.15) is 0 Å². The summed E-state index contributed by atoms with van der Waals surface area (Å²) in [4.78, 5) is 5.60. The molecule has 2 atom stereocenters. The quantitative estimate of drug-likeness (QED) is 0.167. The van der Waals surface area contributed by atoms with Gasteiger partial charge in [-0.15, -0.1) is 0 Å². The van der Waals surface area contributed by atoms with Gasteiger partial charge in [-0.3, -0.25) is 0 Å². The van der Waals surface area contributed by atoms with Crippen LogP contribution in [0.25, 0.3) is 43.8 Å². The van der Waals surface area contributed by atoms with Crippen LogP contribution in [0.15, 0.2) is 133 Å². The van der Waals surface area contributed by atoms with Gasteiger partial charge >= 0.3 is 6.85 Å². The molecule has 1 fully saturated rings. The van der Waals surface area contributed by atoms with E-state index in [1.807, 2.05) is 0 Å². The molecule has 0 N–H and O–H groups in total. The predicted octanol–water partition coefficient (Wildman–Crippen LogP) is 11.9. The fourth-order valence-corrected chi connectivity index (χ4v) is 11.0. The average Bonchev–Trinajstić information content (AvgIpc) is 3.39. The molecule has 2 nitrogen and oxygen atoms in total. The lowest BCUT2D eigenvalue weighted by molar-refractivity contribution is 0.195. The van der Waals surface area contributed by atoms with Gasteiger partial charge in [0, 0.05) is 39.1 Å². The summed E-state index contributed by atoms with van der Waals surface area (Å²) in [6.07, 6.45) is 4.97. The minimum atomic E-state index is -0.0220. The number of rotatable bonds is 2. The first-order valence-electron chi connectivity index (χ1n) is 19.7. The molecule has 3 aliphatic heterocycles. The minimum absolute atomic E-state index is 0.00476. The van der Waals surface area contributed by atoms with Gasteiger partial charge in [-0.1, -0.05) is 156 Å². The third-order valence-electron chi connectivity index (χ3n) is 13.9. The Kier molecular flexibility index (Phi) is 6.29. The molecule has 0 amide bonds. The first-order chi connectivity index (χ1) is 25.7. The average molecular weight is 685 g/mol. The fourth-order valence-electron chi connectivity index (χ4n) is 11.0. The van der Waals surface area contributed by atoms with Crippen molar-refractivity contribution in [1.82, 2.24) is 0 Å². The second-order valence-corrected chi connectivity index (χ2v) is 17.6. The molecule has 11 rings (SSSR count). The monoisotopic (exact) mass is 684 g/mol. The van der Waals surface area contributed by atoms with Crippen molar-refractivity contribution < 1.29 is 0 Å². The van der Waals surface area contributed by atoms with Crippen molar-refractivity contribution in [2.75, 3.05) is 9.71 Å². The summed E-state index contributed by atoms with van der Waals surface area (Å²) in [5.41, 5.74) is 16.6. The molecular weight excluding hydrogens is 639 g/mol. The molecule has 2 unspecified atom stereocenters. The van der Waals surface area contributed by atoms with E-state index >= 15 is 0 Å². The molecule has 0 saturated heterocycles. The van der Waals surface area contributed by atoms with Gasteiger partial charge in [0.15, 0.2) is 0 Å². The molecule has 0 bridgehead atoms. The van der Waals surface area contributed by atoms with E-state index in [4.69, 9.17) is 0 Å². The van der Waals surface area contributed by atoms with Crippen LogP contribution in [-0.2, 0) is 10.8 Å². The molecule has 53 heavy (non-hydrogen) atoms. The zero-order chi connectivity index (χ0) is 35.9. The Morgan fingerprint density at radius 1 is 0.623 bits per heavy atom. The fraction of sp³-hybridized carbons (Fsp3) is 0.240. The molecular formula is C50H45BN2. The molecule has 7 aromatic rings. The number of nitrogens with zero attached hydrogens (tertiary/aromatic N) is 2. The minimum Gasteiger partial charge on any atom is -0.376 e. The molecule has 1 aliphatic carbocycles. The van der Waals surface area contributed by atoms with E-state index in [-0.39, 0.29) is 23.2 Å². The zero-order valence-corrected chi connectivity index (χ0v) is 31.5. The largest absolute Gasteiger partial charge is 0.376 e. The van der Waals surface area contributed by atoms with Crippen LogP contribution in [0.5, 0.6) is 0 Å². The summed E-state index contributed by atoms with van der Waals surface area (Å²) in [5, 5.41) is 5.25. The highest BCUT2D eigenvalue weighted by Crippen LogP contribution is 2.63. The van der Waals surface area contributed by atoms with Crippen molar-refractivity contribution in [2.45, 2.75) is 76.7 Å². The standard InChI is InChI=1S/C50H45BN2/c1-48(2,3)36-30-41-47-42(31-36)51-45-43(52(47)50(5)28-14-13-27-49(41,50)4)29-35-18-10-11-19-38(35)44(45)40-26-23-34-17-9-12-20-39(34)46(40)53(51)37-24-21-33(22-25-37)32-15-7-6-8-16-32/h6-12,15-26,29-31H,13-14,27-28H2,1-5H3. The van der Waals surface area contributed by atoms with Crippen molar-refractivity contribution in [3.63, 3.8) is 0 Å². The topological polar surface area (TPSA) is 6.48 Å². The second kappa shape index (κ2) is 10.7.